The summed E-state index contributed by atoms with van der Waals surface area (Å²) in [6, 6.07) is 68.9. The Labute approximate surface area is 333 Å². The second-order valence-corrected chi connectivity index (χ2v) is 15.0. The van der Waals surface area contributed by atoms with Gasteiger partial charge in [-0.05, 0) is 87.3 Å². The zero-order valence-corrected chi connectivity index (χ0v) is 31.3. The van der Waals surface area contributed by atoms with Gasteiger partial charge in [0.25, 0.3) is 0 Å². The van der Waals surface area contributed by atoms with Gasteiger partial charge < -0.3 is 14.3 Å². The van der Waals surface area contributed by atoms with Crippen LogP contribution in [0.2, 0.25) is 0 Å². The number of hydrogen-bond acceptors (Lipinski definition) is 4. The zero-order valence-electron chi connectivity index (χ0n) is 31.3. The Hall–Kier alpha value is -7.76. The Kier molecular flexibility index (Phi) is 7.23. The minimum Gasteiger partial charge on any atom is -0.456 e. The summed E-state index contributed by atoms with van der Waals surface area (Å²) in [5.41, 5.74) is 10.3. The zero-order chi connectivity index (χ0) is 38.2. The number of hydrogen-bond donors (Lipinski definition) is 1. The van der Waals surface area contributed by atoms with Crippen molar-refractivity contribution in [1.29, 1.82) is 0 Å². The molecule has 0 spiro atoms. The van der Waals surface area contributed by atoms with Gasteiger partial charge in [-0.3, -0.25) is 0 Å². The molecule has 2 aromatic heterocycles. The molecule has 12 rings (SSSR count). The molecule has 3 heterocycles. The normalized spacial score (nSPS) is 14.4. The van der Waals surface area contributed by atoms with Gasteiger partial charge in [-0.1, -0.05) is 140 Å². The number of aliphatic imine (C=N–C) groups is 2. The van der Waals surface area contributed by atoms with Crippen LogP contribution in [0.5, 0.6) is 0 Å². The van der Waals surface area contributed by atoms with Crippen LogP contribution < -0.4 is 5.32 Å². The van der Waals surface area contributed by atoms with Gasteiger partial charge in [-0.15, -0.1) is 0 Å². The third-order valence-corrected chi connectivity index (χ3v) is 11.6. The van der Waals surface area contributed by atoms with Gasteiger partial charge in [0.1, 0.15) is 23.2 Å². The van der Waals surface area contributed by atoms with Crippen molar-refractivity contribution in [3.8, 4) is 16.8 Å². The molecule has 1 aliphatic rings. The van der Waals surface area contributed by atoms with Crippen LogP contribution in [-0.4, -0.2) is 16.2 Å². The van der Waals surface area contributed by atoms with Crippen LogP contribution in [0.25, 0.3) is 82.1 Å². The van der Waals surface area contributed by atoms with E-state index in [4.69, 9.17) is 14.4 Å². The number of aromatic nitrogens is 1. The summed E-state index contributed by atoms with van der Waals surface area (Å²) in [7, 11) is 0. The fourth-order valence-corrected chi connectivity index (χ4v) is 8.80. The average molecular weight is 743 g/mol. The third-order valence-electron chi connectivity index (χ3n) is 11.6. The summed E-state index contributed by atoms with van der Waals surface area (Å²) in [4.78, 5) is 10.4. The molecule has 0 radical (unpaired) electrons. The first-order valence-corrected chi connectivity index (χ1v) is 19.7. The second kappa shape index (κ2) is 12.9. The number of furan rings is 1. The van der Waals surface area contributed by atoms with Crippen molar-refractivity contribution in [1.82, 2.24) is 9.88 Å². The molecule has 0 amide bonds. The first-order valence-electron chi connectivity index (χ1n) is 19.7. The minimum absolute atomic E-state index is 0.421. The van der Waals surface area contributed by atoms with Crippen molar-refractivity contribution in [2.75, 3.05) is 0 Å². The monoisotopic (exact) mass is 742 g/mol. The second-order valence-electron chi connectivity index (χ2n) is 15.0. The van der Waals surface area contributed by atoms with Gasteiger partial charge >= 0.3 is 0 Å². The molecule has 1 unspecified atom stereocenters. The molecule has 1 N–H and O–H groups in total. The molecule has 0 bridgehead atoms. The number of rotatable bonds is 5. The van der Waals surface area contributed by atoms with Crippen molar-refractivity contribution in [3.63, 3.8) is 0 Å². The van der Waals surface area contributed by atoms with Gasteiger partial charge in [0.15, 0.2) is 5.84 Å². The van der Waals surface area contributed by atoms with Gasteiger partial charge in [-0.25, -0.2) is 9.98 Å². The highest BCUT2D eigenvalue weighted by atomic mass is 16.3. The minimum atomic E-state index is -0.421. The Balaban J connectivity index is 1.13. The maximum Gasteiger partial charge on any atom is 0.159 e. The summed E-state index contributed by atoms with van der Waals surface area (Å²) in [6.45, 7) is 0. The lowest BCUT2D eigenvalue weighted by atomic mass is 9.95. The van der Waals surface area contributed by atoms with Crippen LogP contribution in [0.1, 0.15) is 22.9 Å². The number of para-hydroxylation sites is 1. The molecule has 0 fully saturated rings. The lowest BCUT2D eigenvalue weighted by Crippen LogP contribution is -2.33. The highest BCUT2D eigenvalue weighted by Gasteiger charge is 2.25. The Bertz CT molecular complexity index is 3390. The molecule has 0 aliphatic carbocycles. The molecule has 272 valence electrons. The van der Waals surface area contributed by atoms with Crippen LogP contribution in [0.4, 0.5) is 0 Å². The first-order chi connectivity index (χ1) is 28.7. The standard InChI is InChI=1S/C53H34N4O/c1-3-13-33(14-4-1)51-54-52(34-15-5-2-6-16-34)56-53(55-51)42-25-24-40(32-43(42)39-23-26-50-46(29-39)41-21-11-12-22-49(41)58-50)57-47-30-37-19-9-7-17-35(37)27-44(47)45-28-36-18-8-10-20-38(36)31-48(45)57/h1-32,53H,(H,54,55,56). The molecular formula is C53H34N4O. The summed E-state index contributed by atoms with van der Waals surface area (Å²) >= 11 is 0. The summed E-state index contributed by atoms with van der Waals surface area (Å²) < 4.78 is 8.75. The van der Waals surface area contributed by atoms with Gasteiger partial charge in [0, 0.05) is 43.9 Å². The smallest absolute Gasteiger partial charge is 0.159 e. The van der Waals surface area contributed by atoms with E-state index in [0.717, 1.165) is 72.3 Å². The maximum absolute atomic E-state index is 6.31. The number of fused-ring (bicyclic) bond motifs is 8. The quantitative estimate of drug-likeness (QED) is 0.191. The van der Waals surface area contributed by atoms with E-state index in [1.54, 1.807) is 0 Å². The molecule has 5 heteroatoms. The van der Waals surface area contributed by atoms with Crippen molar-refractivity contribution < 1.29 is 4.42 Å². The van der Waals surface area contributed by atoms with Crippen molar-refractivity contribution in [2.24, 2.45) is 9.98 Å². The summed E-state index contributed by atoms with van der Waals surface area (Å²) in [5.74, 6) is 1.47. The number of amidine groups is 2. The molecule has 5 nitrogen and oxygen atoms in total. The maximum atomic E-state index is 6.31. The van der Waals surface area contributed by atoms with Crippen LogP contribution in [0.15, 0.2) is 209 Å². The lowest BCUT2D eigenvalue weighted by molar-refractivity contribution is 0.669. The Morgan fingerprint density at radius 3 is 1.72 bits per heavy atom. The molecule has 1 aliphatic heterocycles. The average Bonchev–Trinajstić information content (AvgIpc) is 3.82. The van der Waals surface area contributed by atoms with E-state index in [1.165, 1.54) is 32.3 Å². The SMILES string of the molecule is c1ccc(C2=NC(c3ccc(-n4c5cc6ccccc6cc5c5cc6ccccc6cc54)cc3-c3ccc4oc5ccccc5c4c3)NC(c3ccccc3)=N2)cc1. The highest BCUT2D eigenvalue weighted by Crippen LogP contribution is 2.41. The van der Waals surface area contributed by atoms with E-state index >= 15 is 0 Å². The molecular weight excluding hydrogens is 709 g/mol. The molecule has 9 aromatic carbocycles. The topological polar surface area (TPSA) is 54.8 Å². The number of nitrogens with zero attached hydrogens (tertiary/aromatic N) is 3. The van der Waals surface area contributed by atoms with E-state index < -0.39 is 6.17 Å². The lowest BCUT2D eigenvalue weighted by Gasteiger charge is -2.26. The molecule has 58 heavy (non-hydrogen) atoms. The fourth-order valence-electron chi connectivity index (χ4n) is 8.80. The van der Waals surface area contributed by atoms with E-state index in [-0.39, 0.29) is 0 Å². The molecule has 0 saturated carbocycles. The van der Waals surface area contributed by atoms with Crippen LogP contribution in [0.3, 0.4) is 0 Å². The molecule has 1 atom stereocenters. The predicted octanol–water partition coefficient (Wildman–Crippen LogP) is 13.2. The van der Waals surface area contributed by atoms with Crippen LogP contribution >= 0.6 is 0 Å². The number of nitrogens with one attached hydrogen (secondary N) is 1. The van der Waals surface area contributed by atoms with E-state index in [2.05, 4.69) is 155 Å². The summed E-state index contributed by atoms with van der Waals surface area (Å²) in [5, 5.41) is 13.2. The van der Waals surface area contributed by atoms with Crippen molar-refractivity contribution >= 4 is 77.0 Å². The largest absolute Gasteiger partial charge is 0.456 e. The predicted molar refractivity (Wildman–Crippen MR) is 240 cm³/mol. The first kappa shape index (κ1) is 32.5. The van der Waals surface area contributed by atoms with Crippen LogP contribution in [-0.2, 0) is 0 Å². The number of benzene rings is 9. The molecule has 11 aromatic rings. The Morgan fingerprint density at radius 2 is 1.03 bits per heavy atom. The van der Waals surface area contributed by atoms with Crippen molar-refractivity contribution in [3.05, 3.63) is 211 Å². The van der Waals surface area contributed by atoms with Gasteiger partial charge in [-0.2, -0.15) is 0 Å². The Morgan fingerprint density at radius 1 is 0.448 bits per heavy atom. The molecule has 0 saturated heterocycles. The van der Waals surface area contributed by atoms with Crippen LogP contribution in [0, 0.1) is 0 Å². The highest BCUT2D eigenvalue weighted by molar-refractivity contribution is 6.17. The van der Waals surface area contributed by atoms with E-state index in [9.17, 15) is 0 Å². The van der Waals surface area contributed by atoms with Gasteiger partial charge in [0.05, 0.1) is 11.0 Å². The van der Waals surface area contributed by atoms with Gasteiger partial charge in [0.2, 0.25) is 0 Å². The summed E-state index contributed by atoms with van der Waals surface area (Å²) in [6.07, 6.45) is -0.421. The van der Waals surface area contributed by atoms with E-state index in [0.29, 0.717) is 5.84 Å². The van der Waals surface area contributed by atoms with E-state index in [1.807, 2.05) is 48.5 Å². The third kappa shape index (κ3) is 5.25. The van der Waals surface area contributed by atoms with Crippen molar-refractivity contribution in [2.45, 2.75) is 6.17 Å². The fraction of sp³-hybridized carbons (Fsp3) is 0.0189.